The number of nitrogens with zero attached hydrogens (tertiary/aromatic N) is 4. The third-order valence-corrected chi connectivity index (χ3v) is 7.23. The van der Waals surface area contributed by atoms with Gasteiger partial charge in [0.2, 0.25) is 5.60 Å². The number of esters is 2. The molecular formula is C27H31N5O5. The first-order chi connectivity index (χ1) is 17.6. The average Bonchev–Trinajstić information content (AvgIpc) is 3.21. The molecule has 2 aliphatic rings. The minimum atomic E-state index is -1.67. The highest BCUT2D eigenvalue weighted by atomic mass is 16.6. The van der Waals surface area contributed by atoms with Gasteiger partial charge in [0, 0.05) is 49.3 Å². The van der Waals surface area contributed by atoms with Gasteiger partial charge >= 0.3 is 11.9 Å². The topological polar surface area (TPSA) is 120 Å². The van der Waals surface area contributed by atoms with Crippen molar-refractivity contribution in [3.63, 3.8) is 0 Å². The molecule has 0 fully saturated rings. The van der Waals surface area contributed by atoms with Gasteiger partial charge in [-0.1, -0.05) is 6.92 Å². The van der Waals surface area contributed by atoms with Gasteiger partial charge in [-0.25, -0.2) is 9.78 Å². The third-order valence-electron chi connectivity index (χ3n) is 7.23. The van der Waals surface area contributed by atoms with Crippen LogP contribution in [0.25, 0.3) is 22.3 Å². The molecule has 1 atom stereocenters. The number of rotatable bonds is 6. The maximum Gasteiger partial charge on any atom is 0.355 e. The molecule has 4 heterocycles. The molecule has 10 nitrogen and oxygen atoms in total. The number of carbonyl (C=O) groups is 2. The zero-order valence-corrected chi connectivity index (χ0v) is 21.8. The van der Waals surface area contributed by atoms with Gasteiger partial charge in [0.25, 0.3) is 5.56 Å². The van der Waals surface area contributed by atoms with Gasteiger partial charge < -0.3 is 29.6 Å². The summed E-state index contributed by atoms with van der Waals surface area (Å²) >= 11 is 0. The van der Waals surface area contributed by atoms with Crippen LogP contribution in [0.5, 0.6) is 0 Å². The van der Waals surface area contributed by atoms with Crippen molar-refractivity contribution in [2.45, 2.75) is 39.0 Å². The second-order valence-corrected chi connectivity index (χ2v) is 9.95. The molecule has 0 aliphatic carbocycles. The second kappa shape index (κ2) is 8.88. The molecule has 0 amide bonds. The molecule has 10 heteroatoms. The standard InChI is InChI=1S/C27H31N5O5/c1-6-27(37-15(2)33)20-12-22-23-18(13-32(22)25(34)19(20)14-36-26(27)35)24(31(5)10-9-30(3)4)17-11-16(28)7-8-21(17)29-23/h7-8,11-12H,6,9-10,13-14,28H2,1-5H3. The quantitative estimate of drug-likeness (QED) is 0.311. The summed E-state index contributed by atoms with van der Waals surface area (Å²) in [6.07, 6.45) is 0.136. The second-order valence-electron chi connectivity index (χ2n) is 9.95. The smallest absolute Gasteiger partial charge is 0.355 e. The highest BCUT2D eigenvalue weighted by Gasteiger charge is 2.50. The van der Waals surface area contributed by atoms with Crippen molar-refractivity contribution in [2.24, 2.45) is 0 Å². The SMILES string of the molecule is CCC1(OC(C)=O)C(=O)OCc2c1cc1n(c2=O)Cc2c-1nc1ccc(N)cc1c2N(C)CCN(C)C. The fourth-order valence-electron chi connectivity index (χ4n) is 5.38. The number of nitrogen functional groups attached to an aromatic ring is 1. The highest BCUT2D eigenvalue weighted by molar-refractivity contribution is 5.99. The molecule has 3 aromatic rings. The summed E-state index contributed by atoms with van der Waals surface area (Å²) in [4.78, 5) is 47.9. The van der Waals surface area contributed by atoms with Gasteiger partial charge in [-0.15, -0.1) is 0 Å². The summed E-state index contributed by atoms with van der Waals surface area (Å²) in [5, 5.41) is 0.909. The molecule has 5 rings (SSSR count). The van der Waals surface area contributed by atoms with Crippen molar-refractivity contribution in [3.05, 3.63) is 51.3 Å². The Morgan fingerprint density at radius 3 is 2.62 bits per heavy atom. The van der Waals surface area contributed by atoms with E-state index in [1.54, 1.807) is 23.6 Å². The lowest BCUT2D eigenvalue weighted by atomic mass is 9.85. The molecule has 0 saturated carbocycles. The molecule has 1 aromatic carbocycles. The van der Waals surface area contributed by atoms with Crippen molar-refractivity contribution < 1.29 is 19.1 Å². The van der Waals surface area contributed by atoms with Crippen molar-refractivity contribution in [1.82, 2.24) is 14.5 Å². The maximum atomic E-state index is 13.8. The zero-order chi connectivity index (χ0) is 26.6. The summed E-state index contributed by atoms with van der Waals surface area (Å²) in [6.45, 7) is 4.70. The van der Waals surface area contributed by atoms with Crippen LogP contribution in [0.15, 0.2) is 29.1 Å². The van der Waals surface area contributed by atoms with Gasteiger partial charge in [0.15, 0.2) is 0 Å². The van der Waals surface area contributed by atoms with E-state index in [-0.39, 0.29) is 18.6 Å². The van der Waals surface area contributed by atoms with Crippen LogP contribution >= 0.6 is 0 Å². The number of hydrogen-bond donors (Lipinski definition) is 1. The molecule has 37 heavy (non-hydrogen) atoms. The molecule has 2 aromatic heterocycles. The number of carbonyl (C=O) groups excluding carboxylic acids is 2. The Hall–Kier alpha value is -3.92. The lowest BCUT2D eigenvalue weighted by molar-refractivity contribution is -0.188. The van der Waals surface area contributed by atoms with Gasteiger partial charge in [-0.3, -0.25) is 9.59 Å². The number of anilines is 2. The largest absolute Gasteiger partial charge is 0.457 e. The Morgan fingerprint density at radius 1 is 1.19 bits per heavy atom. The number of nitrogens with two attached hydrogens (primary N) is 1. The summed E-state index contributed by atoms with van der Waals surface area (Å²) in [7, 11) is 6.06. The minimum Gasteiger partial charge on any atom is -0.457 e. The predicted octanol–water partition coefficient (Wildman–Crippen LogP) is 2.23. The van der Waals surface area contributed by atoms with Gasteiger partial charge in [-0.05, 0) is 44.8 Å². The van der Waals surface area contributed by atoms with Gasteiger partial charge in [0.1, 0.15) is 6.61 Å². The van der Waals surface area contributed by atoms with Crippen LogP contribution in [-0.4, -0.2) is 60.6 Å². The summed E-state index contributed by atoms with van der Waals surface area (Å²) in [6, 6.07) is 7.37. The van der Waals surface area contributed by atoms with Crippen molar-refractivity contribution in [3.8, 4) is 11.4 Å². The van der Waals surface area contributed by atoms with E-state index in [0.29, 0.717) is 34.7 Å². The maximum absolute atomic E-state index is 13.8. The molecule has 0 bridgehead atoms. The fraction of sp³-hybridized carbons (Fsp3) is 0.407. The van der Waals surface area contributed by atoms with E-state index in [2.05, 4.69) is 9.80 Å². The normalized spacial score (nSPS) is 17.8. The van der Waals surface area contributed by atoms with Crippen molar-refractivity contribution in [1.29, 1.82) is 0 Å². The number of pyridine rings is 2. The summed E-state index contributed by atoms with van der Waals surface area (Å²) in [5.74, 6) is -1.30. The van der Waals surface area contributed by atoms with Crippen LogP contribution in [0.2, 0.25) is 0 Å². The van der Waals surface area contributed by atoms with E-state index in [1.807, 2.05) is 33.3 Å². The molecule has 0 spiro atoms. The lowest BCUT2D eigenvalue weighted by Gasteiger charge is -2.35. The fourth-order valence-corrected chi connectivity index (χ4v) is 5.38. The van der Waals surface area contributed by atoms with E-state index in [0.717, 1.165) is 35.2 Å². The Bertz CT molecular complexity index is 1510. The number of aromatic nitrogens is 2. The van der Waals surface area contributed by atoms with E-state index in [4.69, 9.17) is 20.2 Å². The Labute approximate surface area is 214 Å². The van der Waals surface area contributed by atoms with E-state index < -0.39 is 17.5 Å². The Morgan fingerprint density at radius 2 is 1.95 bits per heavy atom. The number of cyclic esters (lactones) is 1. The van der Waals surface area contributed by atoms with Gasteiger partial charge in [-0.2, -0.15) is 0 Å². The number of likely N-dealkylation sites (N-methyl/N-ethyl adjacent to an activating group) is 2. The monoisotopic (exact) mass is 505 g/mol. The molecule has 0 radical (unpaired) electrons. The van der Waals surface area contributed by atoms with Crippen molar-refractivity contribution in [2.75, 3.05) is 44.9 Å². The van der Waals surface area contributed by atoms with Crippen LogP contribution in [0.4, 0.5) is 11.4 Å². The number of ether oxygens (including phenoxy) is 2. The molecule has 2 N–H and O–H groups in total. The first-order valence-corrected chi connectivity index (χ1v) is 12.3. The van der Waals surface area contributed by atoms with Crippen LogP contribution in [0, 0.1) is 0 Å². The molecular weight excluding hydrogens is 474 g/mol. The minimum absolute atomic E-state index is 0.136. The molecule has 2 aliphatic heterocycles. The van der Waals surface area contributed by atoms with Crippen LogP contribution in [0.1, 0.15) is 37.0 Å². The van der Waals surface area contributed by atoms with Gasteiger partial charge in [0.05, 0.1) is 34.7 Å². The number of benzene rings is 1. The van der Waals surface area contributed by atoms with E-state index in [9.17, 15) is 14.4 Å². The Kier molecular flexibility index (Phi) is 5.94. The Balaban J connectivity index is 1.77. The van der Waals surface area contributed by atoms with Crippen molar-refractivity contribution >= 4 is 34.2 Å². The summed E-state index contributed by atoms with van der Waals surface area (Å²) < 4.78 is 12.6. The molecule has 0 saturated heterocycles. The third kappa shape index (κ3) is 3.83. The zero-order valence-electron chi connectivity index (χ0n) is 21.8. The van der Waals surface area contributed by atoms with Crippen LogP contribution in [0.3, 0.4) is 0 Å². The lowest BCUT2D eigenvalue weighted by Crippen LogP contribution is -2.47. The van der Waals surface area contributed by atoms with E-state index in [1.165, 1.54) is 6.92 Å². The molecule has 194 valence electrons. The van der Waals surface area contributed by atoms with Crippen LogP contribution in [-0.2, 0) is 37.8 Å². The molecule has 1 unspecified atom stereocenters. The number of fused-ring (bicyclic) bond motifs is 5. The highest BCUT2D eigenvalue weighted by Crippen LogP contribution is 2.44. The number of hydrogen-bond acceptors (Lipinski definition) is 9. The average molecular weight is 506 g/mol. The summed E-state index contributed by atoms with van der Waals surface area (Å²) in [5.41, 5.74) is 9.37. The first kappa shape index (κ1) is 24.8. The first-order valence-electron chi connectivity index (χ1n) is 12.3. The predicted molar refractivity (Wildman–Crippen MR) is 140 cm³/mol. The van der Waals surface area contributed by atoms with E-state index >= 15 is 0 Å². The van der Waals surface area contributed by atoms with Crippen LogP contribution < -0.4 is 16.2 Å².